The summed E-state index contributed by atoms with van der Waals surface area (Å²) in [5.74, 6) is -0.519. The van der Waals surface area contributed by atoms with Crippen molar-refractivity contribution < 1.29 is 32.5 Å². The lowest BCUT2D eigenvalue weighted by Gasteiger charge is -2.35. The molecule has 0 saturated carbocycles. The van der Waals surface area contributed by atoms with Crippen molar-refractivity contribution in [1.82, 2.24) is 20.0 Å². The number of piperazine rings is 1. The number of aromatic nitrogens is 2. The first-order valence-electron chi connectivity index (χ1n) is 11.0. The van der Waals surface area contributed by atoms with E-state index in [2.05, 4.69) is 21.8 Å². The molecule has 0 radical (unpaired) electrons. The van der Waals surface area contributed by atoms with Crippen molar-refractivity contribution >= 4 is 30.2 Å². The fourth-order valence-electron chi connectivity index (χ4n) is 3.30. The number of amides is 1. The fraction of sp³-hybridized carbons (Fsp3) is 0.571. The van der Waals surface area contributed by atoms with Crippen LogP contribution in [0.3, 0.4) is 0 Å². The number of aromatic amines is 1. The summed E-state index contributed by atoms with van der Waals surface area (Å²) < 4.78 is 50.3. The zero-order chi connectivity index (χ0) is 26.7. The Hall–Kier alpha value is -2.97. The van der Waals surface area contributed by atoms with Crippen molar-refractivity contribution in [1.29, 1.82) is 0 Å². The molecule has 1 aromatic rings. The number of alkyl halides is 3. The molecule has 0 aliphatic carbocycles. The predicted octanol–water partition coefficient (Wildman–Crippen LogP) is 1.63. The molecular weight excluding hydrogens is 509 g/mol. The molecule has 2 N–H and O–H groups in total. The van der Waals surface area contributed by atoms with E-state index in [1.165, 1.54) is 6.20 Å². The van der Waals surface area contributed by atoms with Crippen LogP contribution in [0.15, 0.2) is 32.2 Å². The van der Waals surface area contributed by atoms with Crippen LogP contribution < -0.4 is 10.3 Å². The molecule has 15 heteroatoms. The van der Waals surface area contributed by atoms with Crippen molar-refractivity contribution in [3.05, 3.63) is 33.3 Å². The van der Waals surface area contributed by atoms with Crippen LogP contribution in [0.1, 0.15) is 25.3 Å². The van der Waals surface area contributed by atoms with E-state index in [0.29, 0.717) is 37.2 Å². The van der Waals surface area contributed by atoms with Gasteiger partial charge in [0.05, 0.1) is 25.8 Å². The van der Waals surface area contributed by atoms with E-state index >= 15 is 0 Å². The van der Waals surface area contributed by atoms with Crippen LogP contribution in [-0.2, 0) is 15.7 Å². The third kappa shape index (κ3) is 8.91. The smallest absolute Gasteiger partial charge is 0.425 e. The molecule has 200 valence electrons. The van der Waals surface area contributed by atoms with Gasteiger partial charge in [-0.15, -0.1) is 0 Å². The summed E-state index contributed by atoms with van der Waals surface area (Å²) in [5, 5.41) is 14.8. The average molecular weight is 537 g/mol. The van der Waals surface area contributed by atoms with Crippen LogP contribution >= 0.6 is 11.6 Å². The molecule has 2 rings (SSSR count). The standard InChI is InChI=1S/C21H28ClF3N6O5/c1-14(22)11-27-20(26-2)31-7-5-30(6-8-31)17(33)4-10-35-13-15(3-9-32)36-16-12-28-29-19(34)18(16)21(23,24)25/h11-12,15,32H,2-10,13H2,1H3,(H,29,34)/b14-11+,27-20?/t15-/m1/s1. The Bertz CT molecular complexity index is 1000. The third-order valence-electron chi connectivity index (χ3n) is 5.03. The van der Waals surface area contributed by atoms with Crippen molar-refractivity contribution in [2.75, 3.05) is 46.0 Å². The van der Waals surface area contributed by atoms with E-state index in [9.17, 15) is 27.9 Å². The van der Waals surface area contributed by atoms with Crippen LogP contribution in [-0.4, -0.2) is 95.8 Å². The van der Waals surface area contributed by atoms with Gasteiger partial charge in [-0.2, -0.15) is 18.3 Å². The first kappa shape index (κ1) is 29.3. The lowest BCUT2D eigenvalue weighted by molar-refractivity contribution is -0.141. The molecule has 36 heavy (non-hydrogen) atoms. The normalized spacial score (nSPS) is 16.2. The van der Waals surface area contributed by atoms with Crippen LogP contribution in [0.5, 0.6) is 5.75 Å². The minimum atomic E-state index is -4.96. The summed E-state index contributed by atoms with van der Waals surface area (Å²) >= 11 is 5.78. The molecule has 1 saturated heterocycles. The van der Waals surface area contributed by atoms with E-state index in [4.69, 9.17) is 21.1 Å². The monoisotopic (exact) mass is 536 g/mol. The van der Waals surface area contributed by atoms with E-state index in [0.717, 1.165) is 6.20 Å². The summed E-state index contributed by atoms with van der Waals surface area (Å²) in [6, 6.07) is 0. The van der Waals surface area contributed by atoms with Gasteiger partial charge < -0.3 is 24.4 Å². The number of hydrogen-bond donors (Lipinski definition) is 2. The number of nitrogens with zero attached hydrogens (tertiary/aromatic N) is 5. The number of carbonyl (C=O) groups excluding carboxylic acids is 1. The van der Waals surface area contributed by atoms with Gasteiger partial charge >= 0.3 is 6.18 Å². The number of aliphatic imine (C=N–C) groups is 2. The molecule has 0 aromatic carbocycles. The maximum Gasteiger partial charge on any atom is 0.425 e. The van der Waals surface area contributed by atoms with Gasteiger partial charge in [-0.3, -0.25) is 9.59 Å². The molecule has 1 aliphatic heterocycles. The second-order valence-electron chi connectivity index (χ2n) is 7.68. The molecule has 2 heterocycles. The molecule has 11 nitrogen and oxygen atoms in total. The fourth-order valence-corrected chi connectivity index (χ4v) is 3.35. The molecule has 0 unspecified atom stereocenters. The maximum atomic E-state index is 13.2. The number of H-pyrrole nitrogens is 1. The van der Waals surface area contributed by atoms with Crippen LogP contribution in [0, 0.1) is 0 Å². The van der Waals surface area contributed by atoms with Crippen molar-refractivity contribution in [3.8, 4) is 5.75 Å². The van der Waals surface area contributed by atoms with Crippen molar-refractivity contribution in [2.24, 2.45) is 9.98 Å². The van der Waals surface area contributed by atoms with Gasteiger partial charge in [0.25, 0.3) is 5.56 Å². The summed E-state index contributed by atoms with van der Waals surface area (Å²) in [5.41, 5.74) is -2.97. The Labute approximate surface area is 210 Å². The number of halogens is 4. The lowest BCUT2D eigenvalue weighted by atomic mass is 10.2. The van der Waals surface area contributed by atoms with Gasteiger partial charge in [-0.05, 0) is 13.6 Å². The minimum Gasteiger partial charge on any atom is -0.485 e. The van der Waals surface area contributed by atoms with Gasteiger partial charge in [0, 0.05) is 50.4 Å². The molecule has 1 aliphatic rings. The molecular formula is C21H28ClF3N6O5. The highest BCUT2D eigenvalue weighted by Crippen LogP contribution is 2.33. The van der Waals surface area contributed by atoms with Gasteiger partial charge in [-0.1, -0.05) is 11.6 Å². The number of nitrogens with one attached hydrogen (secondary N) is 1. The van der Waals surface area contributed by atoms with E-state index in [1.807, 2.05) is 4.90 Å². The van der Waals surface area contributed by atoms with E-state index < -0.39 is 29.2 Å². The third-order valence-corrected chi connectivity index (χ3v) is 5.13. The number of ether oxygens (including phenoxy) is 2. The molecule has 0 bridgehead atoms. The number of aliphatic hydroxyl groups is 1. The van der Waals surface area contributed by atoms with Crippen molar-refractivity contribution in [3.63, 3.8) is 0 Å². The topological polar surface area (TPSA) is 133 Å². The van der Waals surface area contributed by atoms with Crippen LogP contribution in [0.4, 0.5) is 13.2 Å². The zero-order valence-corrected chi connectivity index (χ0v) is 20.4. The largest absolute Gasteiger partial charge is 0.485 e. The molecule has 1 atom stereocenters. The Balaban J connectivity index is 1.84. The lowest BCUT2D eigenvalue weighted by Crippen LogP contribution is -2.50. The summed E-state index contributed by atoms with van der Waals surface area (Å²) in [4.78, 5) is 35.7. The SMILES string of the molecule is C=NC(=N/C=C(\C)Cl)N1CCN(C(=O)CCOC[C@@H](CCO)Oc2cn[nH]c(=O)c2C(F)(F)F)CC1. The first-order chi connectivity index (χ1) is 17.1. The first-order valence-corrected chi connectivity index (χ1v) is 11.3. The highest BCUT2D eigenvalue weighted by atomic mass is 35.5. The van der Waals surface area contributed by atoms with Gasteiger partial charge in [0.2, 0.25) is 11.9 Å². The summed E-state index contributed by atoms with van der Waals surface area (Å²) in [6.07, 6.45) is -3.76. The molecule has 0 spiro atoms. The molecule has 1 amide bonds. The second-order valence-corrected chi connectivity index (χ2v) is 8.28. The quantitative estimate of drug-likeness (QED) is 0.264. The predicted molar refractivity (Wildman–Crippen MR) is 126 cm³/mol. The number of allylic oxidation sites excluding steroid dienone is 1. The Morgan fingerprint density at radius 1 is 1.36 bits per heavy atom. The highest BCUT2D eigenvalue weighted by molar-refractivity contribution is 6.29. The Morgan fingerprint density at radius 3 is 2.61 bits per heavy atom. The zero-order valence-electron chi connectivity index (χ0n) is 19.6. The molecule has 1 fully saturated rings. The number of hydrogen-bond acceptors (Lipinski definition) is 7. The Morgan fingerprint density at radius 2 is 2.03 bits per heavy atom. The van der Waals surface area contributed by atoms with Crippen LogP contribution in [0.25, 0.3) is 0 Å². The van der Waals surface area contributed by atoms with Crippen LogP contribution in [0.2, 0.25) is 0 Å². The van der Waals surface area contributed by atoms with Gasteiger partial charge in [0.1, 0.15) is 6.10 Å². The number of aliphatic hydroxyl groups excluding tert-OH is 1. The van der Waals surface area contributed by atoms with Crippen molar-refractivity contribution in [2.45, 2.75) is 32.0 Å². The van der Waals surface area contributed by atoms with E-state index in [-0.39, 0.29) is 38.6 Å². The average Bonchev–Trinajstić information content (AvgIpc) is 2.81. The number of carbonyl (C=O) groups is 1. The van der Waals surface area contributed by atoms with E-state index in [1.54, 1.807) is 16.9 Å². The maximum absolute atomic E-state index is 13.2. The summed E-state index contributed by atoms with van der Waals surface area (Å²) in [6.45, 7) is 6.44. The number of guanidine groups is 1. The highest BCUT2D eigenvalue weighted by Gasteiger charge is 2.38. The Kier molecular flexibility index (Phi) is 11.3. The minimum absolute atomic E-state index is 0.00912. The second kappa shape index (κ2) is 13.9. The number of rotatable bonds is 10. The molecule has 1 aromatic heterocycles. The van der Waals surface area contributed by atoms with Gasteiger partial charge in [-0.25, -0.2) is 15.1 Å². The van der Waals surface area contributed by atoms with Gasteiger partial charge in [0.15, 0.2) is 11.3 Å². The summed E-state index contributed by atoms with van der Waals surface area (Å²) in [7, 11) is 0.